The lowest BCUT2D eigenvalue weighted by molar-refractivity contribution is -0.117. The first-order chi connectivity index (χ1) is 11.0. The third kappa shape index (κ3) is 2.27. The van der Waals surface area contributed by atoms with Crippen molar-refractivity contribution in [3.05, 3.63) is 41.5 Å². The van der Waals surface area contributed by atoms with E-state index in [1.807, 2.05) is 0 Å². The van der Waals surface area contributed by atoms with Gasteiger partial charge in [-0.15, -0.1) is 0 Å². The summed E-state index contributed by atoms with van der Waals surface area (Å²) in [6, 6.07) is 7.87. The number of carbonyl (C=O) groups is 3. The predicted octanol–water partition coefficient (Wildman–Crippen LogP) is 1.74. The van der Waals surface area contributed by atoms with Crippen molar-refractivity contribution in [2.45, 2.75) is 19.9 Å². The topological polar surface area (TPSA) is 92.5 Å². The van der Waals surface area contributed by atoms with Crippen LogP contribution in [0.2, 0.25) is 0 Å². The summed E-state index contributed by atoms with van der Waals surface area (Å²) in [5.74, 6) is -0.952. The largest absolute Gasteiger partial charge is 0.324 e. The van der Waals surface area contributed by atoms with E-state index in [0.717, 1.165) is 0 Å². The first-order valence-electron chi connectivity index (χ1n) is 7.44. The van der Waals surface area contributed by atoms with Gasteiger partial charge >= 0.3 is 0 Å². The van der Waals surface area contributed by atoms with Gasteiger partial charge in [-0.25, -0.2) is 0 Å². The van der Waals surface area contributed by atoms with Crippen molar-refractivity contribution in [2.75, 3.05) is 11.9 Å². The molecule has 3 N–H and O–H groups in total. The predicted molar refractivity (Wildman–Crippen MR) is 87.3 cm³/mol. The summed E-state index contributed by atoms with van der Waals surface area (Å²) in [6.07, 6.45) is 0. The van der Waals surface area contributed by atoms with Crippen LogP contribution in [0, 0.1) is 0 Å². The Morgan fingerprint density at radius 2 is 1.83 bits per heavy atom. The minimum atomic E-state index is -0.653. The summed E-state index contributed by atoms with van der Waals surface area (Å²) in [5.41, 5.74) is 7.06. The number of hydrogen-bond acceptors (Lipinski definition) is 4. The van der Waals surface area contributed by atoms with E-state index in [1.54, 1.807) is 44.2 Å². The van der Waals surface area contributed by atoms with E-state index in [-0.39, 0.29) is 17.7 Å². The summed E-state index contributed by atoms with van der Waals surface area (Å²) in [7, 11) is 0. The third-order valence-corrected chi connectivity index (χ3v) is 3.98. The molecule has 0 aliphatic carbocycles. The van der Waals surface area contributed by atoms with Gasteiger partial charge in [-0.2, -0.15) is 0 Å². The van der Waals surface area contributed by atoms with Gasteiger partial charge in [0, 0.05) is 34.1 Å². The zero-order valence-electron chi connectivity index (χ0n) is 12.9. The van der Waals surface area contributed by atoms with Crippen LogP contribution in [0.3, 0.4) is 0 Å². The van der Waals surface area contributed by atoms with Gasteiger partial charge in [0.2, 0.25) is 5.91 Å². The summed E-state index contributed by atoms with van der Waals surface area (Å²) in [6.45, 7) is 3.67. The standard InChI is InChI=1S/C17H17N3O3/c1-3-20-16(22)11-6-4-5-10-13(19-15(21)9(2)18)8-7-12(14(10)11)17(20)23/h4-9H,3,18H2,1-2H3,(H,19,21). The Labute approximate surface area is 133 Å². The summed E-state index contributed by atoms with van der Waals surface area (Å²) in [4.78, 5) is 38.0. The first kappa shape index (κ1) is 15.2. The number of nitrogens with zero attached hydrogens (tertiary/aromatic N) is 1. The van der Waals surface area contributed by atoms with E-state index < -0.39 is 6.04 Å². The lowest BCUT2D eigenvalue weighted by Gasteiger charge is -2.26. The van der Waals surface area contributed by atoms with Crippen molar-refractivity contribution in [3.8, 4) is 0 Å². The lowest BCUT2D eigenvalue weighted by atomic mass is 9.93. The smallest absolute Gasteiger partial charge is 0.261 e. The van der Waals surface area contributed by atoms with Gasteiger partial charge in [0.05, 0.1) is 6.04 Å². The zero-order valence-corrected chi connectivity index (χ0v) is 12.9. The maximum atomic E-state index is 12.5. The highest BCUT2D eigenvalue weighted by Crippen LogP contribution is 2.34. The van der Waals surface area contributed by atoms with Gasteiger partial charge in [0.1, 0.15) is 0 Å². The second kappa shape index (κ2) is 5.48. The molecule has 6 nitrogen and oxygen atoms in total. The van der Waals surface area contributed by atoms with Crippen LogP contribution in [-0.4, -0.2) is 35.2 Å². The summed E-state index contributed by atoms with van der Waals surface area (Å²) >= 11 is 0. The Balaban J connectivity index is 2.22. The van der Waals surface area contributed by atoms with Gasteiger partial charge in [-0.3, -0.25) is 19.3 Å². The SMILES string of the molecule is CCN1C(=O)c2cccc3c(NC(=O)C(C)N)ccc(c23)C1=O. The van der Waals surface area contributed by atoms with Crippen molar-refractivity contribution in [1.82, 2.24) is 4.90 Å². The molecule has 23 heavy (non-hydrogen) atoms. The second-order valence-electron chi connectivity index (χ2n) is 5.52. The Bertz CT molecular complexity index is 820. The molecule has 1 atom stereocenters. The highest BCUT2D eigenvalue weighted by molar-refractivity contribution is 6.27. The van der Waals surface area contributed by atoms with Crippen LogP contribution >= 0.6 is 0 Å². The molecule has 0 aromatic heterocycles. The van der Waals surface area contributed by atoms with Gasteiger partial charge in [0.25, 0.3) is 11.8 Å². The fourth-order valence-corrected chi connectivity index (χ4v) is 2.79. The number of rotatable bonds is 3. The second-order valence-corrected chi connectivity index (χ2v) is 5.52. The van der Waals surface area contributed by atoms with E-state index in [4.69, 9.17) is 5.73 Å². The van der Waals surface area contributed by atoms with E-state index in [1.165, 1.54) is 4.90 Å². The van der Waals surface area contributed by atoms with Gasteiger partial charge < -0.3 is 11.1 Å². The van der Waals surface area contributed by atoms with Crippen molar-refractivity contribution >= 4 is 34.2 Å². The molecule has 0 radical (unpaired) electrons. The number of anilines is 1. The van der Waals surface area contributed by atoms with Crippen LogP contribution in [0.15, 0.2) is 30.3 Å². The molecule has 0 saturated heterocycles. The lowest BCUT2D eigenvalue weighted by Crippen LogP contribution is -2.40. The zero-order chi connectivity index (χ0) is 16.7. The molecule has 0 saturated carbocycles. The quantitative estimate of drug-likeness (QED) is 0.845. The fraction of sp³-hybridized carbons (Fsp3) is 0.235. The van der Waals surface area contributed by atoms with Gasteiger partial charge in [0.15, 0.2) is 0 Å². The van der Waals surface area contributed by atoms with Gasteiger partial charge in [-0.1, -0.05) is 12.1 Å². The van der Waals surface area contributed by atoms with Crippen molar-refractivity contribution in [1.29, 1.82) is 0 Å². The summed E-state index contributed by atoms with van der Waals surface area (Å²) < 4.78 is 0. The number of hydrogen-bond donors (Lipinski definition) is 2. The molecule has 1 heterocycles. The molecule has 1 unspecified atom stereocenters. The molecule has 1 aliphatic heterocycles. The van der Waals surface area contributed by atoms with Crippen LogP contribution in [0.1, 0.15) is 34.6 Å². The van der Waals surface area contributed by atoms with Gasteiger partial charge in [-0.05, 0) is 32.0 Å². The Hall–Kier alpha value is -2.73. The van der Waals surface area contributed by atoms with E-state index in [9.17, 15) is 14.4 Å². The average Bonchev–Trinajstić information content (AvgIpc) is 2.53. The number of nitrogens with two attached hydrogens (primary N) is 1. The number of carbonyl (C=O) groups excluding carboxylic acids is 3. The minimum Gasteiger partial charge on any atom is -0.324 e. The highest BCUT2D eigenvalue weighted by Gasteiger charge is 2.32. The monoisotopic (exact) mass is 311 g/mol. The minimum absolute atomic E-state index is 0.314. The molecular formula is C17H17N3O3. The maximum absolute atomic E-state index is 12.5. The van der Waals surface area contributed by atoms with E-state index >= 15 is 0 Å². The molecule has 118 valence electrons. The number of amides is 3. The number of imide groups is 1. The molecule has 1 aliphatic rings. The van der Waals surface area contributed by atoms with Crippen LogP contribution < -0.4 is 11.1 Å². The van der Waals surface area contributed by atoms with Crippen LogP contribution in [-0.2, 0) is 4.79 Å². The van der Waals surface area contributed by atoms with E-state index in [2.05, 4.69) is 5.32 Å². The third-order valence-electron chi connectivity index (χ3n) is 3.98. The molecule has 0 spiro atoms. The molecule has 2 aromatic carbocycles. The normalized spacial score (nSPS) is 15.0. The summed E-state index contributed by atoms with van der Waals surface area (Å²) in [5, 5.41) is 3.98. The molecule has 3 amide bonds. The van der Waals surface area contributed by atoms with Crippen LogP contribution in [0.4, 0.5) is 5.69 Å². The maximum Gasteiger partial charge on any atom is 0.261 e. The number of nitrogens with one attached hydrogen (secondary N) is 1. The van der Waals surface area contributed by atoms with Crippen LogP contribution in [0.25, 0.3) is 10.8 Å². The Morgan fingerprint density at radius 3 is 2.43 bits per heavy atom. The van der Waals surface area contributed by atoms with E-state index in [0.29, 0.717) is 34.1 Å². The number of benzene rings is 2. The first-order valence-corrected chi connectivity index (χ1v) is 7.44. The van der Waals surface area contributed by atoms with Crippen molar-refractivity contribution in [3.63, 3.8) is 0 Å². The van der Waals surface area contributed by atoms with Crippen molar-refractivity contribution < 1.29 is 14.4 Å². The molecule has 0 bridgehead atoms. The molecular weight excluding hydrogens is 294 g/mol. The Morgan fingerprint density at radius 1 is 1.17 bits per heavy atom. The molecule has 0 fully saturated rings. The molecule has 6 heteroatoms. The Kier molecular flexibility index (Phi) is 3.61. The van der Waals surface area contributed by atoms with Crippen LogP contribution in [0.5, 0.6) is 0 Å². The molecule has 3 rings (SSSR count). The fourth-order valence-electron chi connectivity index (χ4n) is 2.79. The van der Waals surface area contributed by atoms with Crippen molar-refractivity contribution in [2.24, 2.45) is 5.73 Å². The molecule has 2 aromatic rings. The highest BCUT2D eigenvalue weighted by atomic mass is 16.2. The average molecular weight is 311 g/mol.